The minimum atomic E-state index is 0.541. The number of rotatable bonds is 4. The van der Waals surface area contributed by atoms with Crippen molar-refractivity contribution in [1.29, 1.82) is 0 Å². The highest BCUT2D eigenvalue weighted by Crippen LogP contribution is 2.21. The highest BCUT2D eigenvalue weighted by molar-refractivity contribution is 5.04. The van der Waals surface area contributed by atoms with Crippen molar-refractivity contribution in [2.45, 2.75) is 52.2 Å². The molecule has 114 valence electrons. The molecule has 1 atom stereocenters. The van der Waals surface area contributed by atoms with Gasteiger partial charge in [0.15, 0.2) is 0 Å². The van der Waals surface area contributed by atoms with Crippen molar-refractivity contribution in [1.82, 2.24) is 29.4 Å². The van der Waals surface area contributed by atoms with Gasteiger partial charge in [0, 0.05) is 31.4 Å². The first-order valence-corrected chi connectivity index (χ1v) is 7.71. The quantitative estimate of drug-likeness (QED) is 0.859. The van der Waals surface area contributed by atoms with Crippen molar-refractivity contribution in [2.75, 3.05) is 6.54 Å². The van der Waals surface area contributed by atoms with Gasteiger partial charge in [-0.05, 0) is 33.2 Å². The van der Waals surface area contributed by atoms with E-state index < -0.39 is 0 Å². The van der Waals surface area contributed by atoms with Gasteiger partial charge < -0.3 is 0 Å². The maximum Gasteiger partial charge on any atom is 0.147 e. The molecule has 0 N–H and O–H groups in total. The minimum Gasteiger partial charge on any atom is -0.294 e. The van der Waals surface area contributed by atoms with Crippen LogP contribution < -0.4 is 0 Å². The molecular formula is C15H24N6. The molecule has 0 spiro atoms. The molecule has 0 radical (unpaired) electrons. The molecule has 6 heteroatoms. The number of hydrogen-bond donors (Lipinski definition) is 0. The number of aryl methyl sites for hydroxylation is 3. The average Bonchev–Trinajstić information content (AvgIpc) is 2.98. The van der Waals surface area contributed by atoms with E-state index in [0.717, 1.165) is 31.3 Å². The molecule has 1 saturated heterocycles. The Morgan fingerprint density at radius 1 is 1.29 bits per heavy atom. The summed E-state index contributed by atoms with van der Waals surface area (Å²) in [7, 11) is 1.97. The van der Waals surface area contributed by atoms with Crippen LogP contribution in [0.25, 0.3) is 0 Å². The third-order valence-electron chi connectivity index (χ3n) is 4.24. The maximum atomic E-state index is 4.51. The van der Waals surface area contributed by atoms with Crippen LogP contribution in [-0.4, -0.2) is 42.0 Å². The second-order valence-corrected chi connectivity index (χ2v) is 6.03. The van der Waals surface area contributed by atoms with Crippen LogP contribution in [0.5, 0.6) is 0 Å². The van der Waals surface area contributed by atoms with Crippen LogP contribution in [0, 0.1) is 13.8 Å². The van der Waals surface area contributed by atoms with Crippen molar-refractivity contribution < 1.29 is 0 Å². The highest BCUT2D eigenvalue weighted by Gasteiger charge is 2.24. The zero-order chi connectivity index (χ0) is 14.8. The lowest BCUT2D eigenvalue weighted by Crippen LogP contribution is -2.41. The summed E-state index contributed by atoms with van der Waals surface area (Å²) in [5, 5.41) is 8.78. The molecular weight excluding hydrogens is 264 g/mol. The van der Waals surface area contributed by atoms with Crippen LogP contribution in [-0.2, 0) is 20.1 Å². The fraction of sp³-hybridized carbons (Fsp3) is 0.667. The van der Waals surface area contributed by atoms with Crippen LogP contribution in [0.3, 0.4) is 0 Å². The molecule has 0 saturated carbocycles. The van der Waals surface area contributed by atoms with Crippen LogP contribution in [0.1, 0.15) is 36.5 Å². The number of hydrogen-bond acceptors (Lipinski definition) is 4. The monoisotopic (exact) mass is 288 g/mol. The summed E-state index contributed by atoms with van der Waals surface area (Å²) in [6.07, 6.45) is 7.90. The average molecular weight is 288 g/mol. The lowest BCUT2D eigenvalue weighted by Gasteiger charge is -2.35. The molecule has 1 fully saturated rings. The van der Waals surface area contributed by atoms with Gasteiger partial charge in [0.2, 0.25) is 0 Å². The Morgan fingerprint density at radius 3 is 2.81 bits per heavy atom. The summed E-state index contributed by atoms with van der Waals surface area (Å²) < 4.78 is 3.93. The van der Waals surface area contributed by atoms with Gasteiger partial charge >= 0.3 is 0 Å². The summed E-state index contributed by atoms with van der Waals surface area (Å²) in [5.74, 6) is 1.88. The maximum absolute atomic E-state index is 4.51. The third kappa shape index (κ3) is 3.32. The Balaban J connectivity index is 1.70. The number of nitrogens with zero attached hydrogens (tertiary/aromatic N) is 6. The molecule has 0 bridgehead atoms. The van der Waals surface area contributed by atoms with Gasteiger partial charge in [-0.25, -0.2) is 9.67 Å². The van der Waals surface area contributed by atoms with E-state index in [1.165, 1.54) is 24.8 Å². The van der Waals surface area contributed by atoms with E-state index in [0.29, 0.717) is 6.04 Å². The molecule has 2 aromatic heterocycles. The molecule has 1 aliphatic heterocycles. The van der Waals surface area contributed by atoms with E-state index in [2.05, 4.69) is 31.0 Å². The first-order valence-electron chi connectivity index (χ1n) is 7.71. The van der Waals surface area contributed by atoms with Crippen LogP contribution in [0.4, 0.5) is 0 Å². The largest absolute Gasteiger partial charge is 0.294 e. The van der Waals surface area contributed by atoms with Gasteiger partial charge in [0.25, 0.3) is 0 Å². The Morgan fingerprint density at radius 2 is 2.14 bits per heavy atom. The smallest absolute Gasteiger partial charge is 0.147 e. The van der Waals surface area contributed by atoms with Crippen molar-refractivity contribution in [3.63, 3.8) is 0 Å². The molecule has 0 amide bonds. The summed E-state index contributed by atoms with van der Waals surface area (Å²) in [4.78, 5) is 6.98. The zero-order valence-electron chi connectivity index (χ0n) is 13.2. The standard InChI is InChI=1S/C15H24N6/c1-12-17-13(2)21(18-12)11-15-6-4-5-7-20(15)10-14-8-16-19(3)9-14/h8-9,15H,4-7,10-11H2,1-3H3. The minimum absolute atomic E-state index is 0.541. The number of aromatic nitrogens is 5. The van der Waals surface area contributed by atoms with Crippen molar-refractivity contribution in [2.24, 2.45) is 7.05 Å². The van der Waals surface area contributed by atoms with Crippen LogP contribution in [0.2, 0.25) is 0 Å². The van der Waals surface area contributed by atoms with Gasteiger partial charge in [-0.3, -0.25) is 9.58 Å². The van der Waals surface area contributed by atoms with E-state index in [1.807, 2.05) is 31.8 Å². The molecule has 1 aliphatic rings. The van der Waals surface area contributed by atoms with E-state index in [4.69, 9.17) is 0 Å². The van der Waals surface area contributed by atoms with Gasteiger partial charge in [0.05, 0.1) is 12.7 Å². The molecule has 3 heterocycles. The predicted molar refractivity (Wildman–Crippen MR) is 80.8 cm³/mol. The topological polar surface area (TPSA) is 51.8 Å². The number of piperidine rings is 1. The summed E-state index contributed by atoms with van der Waals surface area (Å²) in [5.41, 5.74) is 1.29. The Labute approximate surface area is 125 Å². The van der Waals surface area contributed by atoms with E-state index >= 15 is 0 Å². The van der Waals surface area contributed by atoms with Gasteiger partial charge in [-0.15, -0.1) is 0 Å². The van der Waals surface area contributed by atoms with Crippen molar-refractivity contribution in [3.05, 3.63) is 29.6 Å². The Hall–Kier alpha value is -1.69. The Bertz CT molecular complexity index is 599. The lowest BCUT2D eigenvalue weighted by molar-refractivity contribution is 0.121. The van der Waals surface area contributed by atoms with E-state index in [-0.39, 0.29) is 0 Å². The highest BCUT2D eigenvalue weighted by atomic mass is 15.4. The van der Waals surface area contributed by atoms with Gasteiger partial charge in [-0.2, -0.15) is 10.2 Å². The second kappa shape index (κ2) is 5.97. The van der Waals surface area contributed by atoms with Crippen molar-refractivity contribution >= 4 is 0 Å². The molecule has 0 aromatic carbocycles. The van der Waals surface area contributed by atoms with E-state index in [1.54, 1.807) is 0 Å². The second-order valence-electron chi connectivity index (χ2n) is 6.03. The summed E-state index contributed by atoms with van der Waals surface area (Å²) >= 11 is 0. The molecule has 2 aromatic rings. The fourth-order valence-electron chi connectivity index (χ4n) is 3.20. The van der Waals surface area contributed by atoms with E-state index in [9.17, 15) is 0 Å². The molecule has 1 unspecified atom stereocenters. The zero-order valence-corrected chi connectivity index (χ0v) is 13.2. The van der Waals surface area contributed by atoms with Gasteiger partial charge in [-0.1, -0.05) is 6.42 Å². The van der Waals surface area contributed by atoms with Crippen molar-refractivity contribution in [3.8, 4) is 0 Å². The SMILES string of the molecule is Cc1nc(C)n(CC2CCCCN2Cc2cnn(C)c2)n1. The molecule has 0 aliphatic carbocycles. The summed E-state index contributed by atoms with van der Waals surface area (Å²) in [6.45, 7) is 7.07. The Kier molecular flexibility index (Phi) is 4.05. The van der Waals surface area contributed by atoms with Crippen LogP contribution in [0.15, 0.2) is 12.4 Å². The third-order valence-corrected chi connectivity index (χ3v) is 4.24. The number of likely N-dealkylation sites (tertiary alicyclic amines) is 1. The summed E-state index contributed by atoms with van der Waals surface area (Å²) in [6, 6.07) is 0.541. The molecule has 21 heavy (non-hydrogen) atoms. The predicted octanol–water partition coefficient (Wildman–Crippen LogP) is 1.68. The normalized spacial score (nSPS) is 20.0. The molecule has 3 rings (SSSR count). The fourth-order valence-corrected chi connectivity index (χ4v) is 3.20. The first kappa shape index (κ1) is 14.3. The molecule has 6 nitrogen and oxygen atoms in total. The lowest BCUT2D eigenvalue weighted by atomic mass is 10.0. The van der Waals surface area contributed by atoms with Crippen LogP contribution >= 0.6 is 0 Å². The van der Waals surface area contributed by atoms with Gasteiger partial charge in [0.1, 0.15) is 11.6 Å². The first-order chi connectivity index (χ1) is 10.1.